The quantitative estimate of drug-likeness (QED) is 0.0314. The largest absolute Gasteiger partial charge is 0.493 e. The zero-order chi connectivity index (χ0) is 99.0. The molecule has 0 N–H and O–H groups in total. The molecule has 15 rings (SSSR count). The van der Waals surface area contributed by atoms with Crippen LogP contribution in [0.4, 0.5) is 139 Å². The Labute approximate surface area is 769 Å². The van der Waals surface area contributed by atoms with Crippen molar-refractivity contribution in [2.24, 2.45) is 10.8 Å². The van der Waals surface area contributed by atoms with E-state index in [1.807, 2.05) is 9.80 Å². The summed E-state index contributed by atoms with van der Waals surface area (Å²) in [6.45, 7) is -3.08. The van der Waals surface area contributed by atoms with Crippen molar-refractivity contribution >= 4 is 56.2 Å². The average Bonchev–Trinajstić information content (AvgIpc) is 1.56. The van der Waals surface area contributed by atoms with Crippen LogP contribution < -0.4 is 48.1 Å². The molecule has 0 aliphatic carbocycles. The molecule has 0 radical (unpaired) electrons. The maximum atomic E-state index is 14.9. The van der Waals surface area contributed by atoms with Crippen LogP contribution in [-0.4, -0.2) is 59.7 Å². The Hall–Kier alpha value is -14.6. The molecule has 0 aliphatic heterocycles. The number of alkyl halides is 24. The molecule has 718 valence electrons. The minimum absolute atomic E-state index is 0.0110. The van der Waals surface area contributed by atoms with Crippen LogP contribution in [0.2, 0.25) is 0 Å². The molecule has 0 aliphatic rings. The first-order valence-corrected chi connectivity index (χ1v) is 41.7. The van der Waals surface area contributed by atoms with Gasteiger partial charge in [-0.15, -0.1) is 0 Å². The lowest BCUT2D eigenvalue weighted by molar-refractivity contribution is -0.814. The third kappa shape index (κ3) is 23.2. The number of hydrogen-bond donors (Lipinski definition) is 0. The second-order valence-corrected chi connectivity index (χ2v) is 33.1. The van der Waals surface area contributed by atoms with Crippen LogP contribution in [0.5, 0.6) is 34.5 Å². The summed E-state index contributed by atoms with van der Waals surface area (Å²) < 4.78 is 394. The third-order valence-corrected chi connectivity index (χ3v) is 22.0. The minimum atomic E-state index is -5.58. The molecule has 13 aromatic carbocycles. The van der Waals surface area contributed by atoms with Crippen LogP contribution in [0.3, 0.4) is 0 Å². The average molecular weight is 1940 g/mol. The van der Waals surface area contributed by atoms with Gasteiger partial charge in [-0.2, -0.15) is 135 Å². The zero-order valence-corrected chi connectivity index (χ0v) is 72.3. The molecule has 0 fully saturated rings. The lowest BCUT2D eigenvalue weighted by Crippen LogP contribution is -2.55. The maximum absolute atomic E-state index is 14.9. The maximum Gasteiger partial charge on any atom is 0.416 e. The van der Waals surface area contributed by atoms with Crippen molar-refractivity contribution in [3.63, 3.8) is 0 Å². The predicted octanol–water partition coefficient (Wildman–Crippen LogP) is 28.3. The second kappa shape index (κ2) is 38.2. The topological polar surface area (TPSA) is 123 Å². The van der Waals surface area contributed by atoms with Gasteiger partial charge >= 0.3 is 49.4 Å². The van der Waals surface area contributed by atoms with Gasteiger partial charge in [0.25, 0.3) is 0 Å². The van der Waals surface area contributed by atoms with E-state index in [1.54, 1.807) is 202 Å². The number of rotatable bonds is 30. The van der Waals surface area contributed by atoms with Crippen molar-refractivity contribution in [3.05, 3.63) is 346 Å². The fraction of sp³-hybridized carbons (Fsp3) is 0.220. The van der Waals surface area contributed by atoms with E-state index in [9.17, 15) is 105 Å². The Morgan fingerprint density at radius 1 is 0.268 bits per heavy atom. The fourth-order valence-corrected chi connectivity index (χ4v) is 15.6. The molecule has 15 aromatic rings. The van der Waals surface area contributed by atoms with Gasteiger partial charge in [0.05, 0.1) is 56.5 Å². The minimum Gasteiger partial charge on any atom is -0.493 e. The number of para-hydroxylation sites is 4. The summed E-state index contributed by atoms with van der Waals surface area (Å²) in [5.74, 6) is -4.67. The van der Waals surface area contributed by atoms with E-state index in [1.165, 1.54) is 19.9 Å². The Balaban J connectivity index is 1.02. The van der Waals surface area contributed by atoms with Gasteiger partial charge in [0.1, 0.15) is 90.6 Å². The van der Waals surface area contributed by atoms with E-state index < -0.39 is 186 Å². The number of aryl methyl sites for hydroxylation is 4. The number of nitrogens with zero attached hydrogens (tertiary/aromatic N) is 8. The number of fused-ring (bicyclic) bond motifs is 2. The van der Waals surface area contributed by atoms with Crippen molar-refractivity contribution in [3.8, 4) is 56.8 Å². The van der Waals surface area contributed by atoms with E-state index in [0.717, 1.165) is 21.7 Å². The summed E-state index contributed by atoms with van der Waals surface area (Å²) in [5, 5.41) is 20.5. The van der Waals surface area contributed by atoms with E-state index in [4.69, 9.17) is 48.8 Å². The number of ether oxygens (including phenoxy) is 6. The van der Waals surface area contributed by atoms with E-state index in [2.05, 4.69) is 0 Å². The summed E-state index contributed by atoms with van der Waals surface area (Å²) in [6, 6.07) is 58.1. The van der Waals surface area contributed by atoms with Gasteiger partial charge < -0.3 is 38.2 Å². The van der Waals surface area contributed by atoms with Crippen molar-refractivity contribution in [1.29, 1.82) is 0 Å². The number of halogens is 24. The highest BCUT2D eigenvalue weighted by molar-refractivity contribution is 6.16. The van der Waals surface area contributed by atoms with E-state index in [0.29, 0.717) is 63.5 Å². The molecule has 14 nitrogen and oxygen atoms in total. The smallest absolute Gasteiger partial charge is 0.416 e. The molecule has 0 saturated heterocycles. The first-order valence-electron chi connectivity index (χ1n) is 41.7. The monoisotopic (exact) mass is 1940 g/mol. The van der Waals surface area contributed by atoms with E-state index >= 15 is 0 Å². The molecule has 0 saturated carbocycles. The van der Waals surface area contributed by atoms with Gasteiger partial charge in [-0.3, -0.25) is 0 Å². The molecule has 1 unspecified atom stereocenters. The van der Waals surface area contributed by atoms with Crippen molar-refractivity contribution < 1.29 is 139 Å². The number of aromatic nitrogens is 6. The molecule has 1 atom stereocenters. The normalized spacial score (nSPS) is 13.1. The standard InChI is InChI=1S/C100H74F24N8O6/c1-59-33-60(2)37-79(36-59)133-53-91(54-134-80-38-61(3)34-65(43-80)93(101,102)103,56-136-82-45-67(95(107,108)109)40-68(46-82)96(110,111)112)51-129-125-87-85(63-25-29-77(30-26-63)131(73-17-9-5-10-18-73)74-19-11-6-12-20-74)89-90(86(88(87)126-129)64-27-31-78(32-28-64)132(75-21-13-7-14-22-75)76-23-15-8-16-24-76)128-130(127-89)52-92(55-135-81-39-62(4)35-66(44-81)94(104,105)106,57-137-83-47-69(97(113,114)115)41-70(48-83)98(116,117)118)58-138-84-49-71(99(119,120)121)42-72(50-84)100(122,123)124/h5-50H,51-58H2,1-4H3. The van der Waals surface area contributed by atoms with Gasteiger partial charge in [-0.25, -0.2) is 0 Å². The first kappa shape index (κ1) is 97.9. The summed E-state index contributed by atoms with van der Waals surface area (Å²) in [4.78, 5) is 5.45. The Bertz CT molecular complexity index is 6360. The molecule has 2 heterocycles. The number of anilines is 6. The fourth-order valence-electron chi connectivity index (χ4n) is 15.6. The highest BCUT2D eigenvalue weighted by Gasteiger charge is 2.46. The summed E-state index contributed by atoms with van der Waals surface area (Å²) in [6.07, 6.45) is -43.4. The molecule has 0 bridgehead atoms. The molecular formula is C100H74F24N8O6. The van der Waals surface area contributed by atoms with Gasteiger partial charge in [-0.1, -0.05) is 103 Å². The predicted molar refractivity (Wildman–Crippen MR) is 462 cm³/mol. The molecule has 138 heavy (non-hydrogen) atoms. The molecular weight excluding hydrogens is 1870 g/mol. The highest BCUT2D eigenvalue weighted by Crippen LogP contribution is 2.49. The molecule has 0 spiro atoms. The highest BCUT2D eigenvalue weighted by atomic mass is 19.4. The van der Waals surface area contributed by atoms with Crippen LogP contribution in [0, 0.1) is 38.5 Å². The lowest BCUT2D eigenvalue weighted by atomic mass is 9.90. The summed E-state index contributed by atoms with van der Waals surface area (Å²) >= 11 is 0. The van der Waals surface area contributed by atoms with Crippen molar-refractivity contribution in [2.45, 2.75) is 90.2 Å². The van der Waals surface area contributed by atoms with Crippen molar-refractivity contribution in [1.82, 2.24) is 25.2 Å². The Kier molecular flexibility index (Phi) is 27.1. The Morgan fingerprint density at radius 2 is 0.507 bits per heavy atom. The van der Waals surface area contributed by atoms with Crippen LogP contribution >= 0.6 is 0 Å². The van der Waals surface area contributed by atoms with Crippen molar-refractivity contribution in [2.75, 3.05) is 49.4 Å². The third-order valence-electron chi connectivity index (χ3n) is 22.0. The van der Waals surface area contributed by atoms with Crippen LogP contribution in [0.1, 0.15) is 66.8 Å². The summed E-state index contributed by atoms with van der Waals surface area (Å²) in [7, 11) is 0. The van der Waals surface area contributed by atoms with Crippen LogP contribution in [-0.2, 0) is 62.5 Å². The van der Waals surface area contributed by atoms with E-state index in [-0.39, 0.29) is 116 Å². The SMILES string of the molecule is Cc1cc(C)cc(OCC(COc2cc(C)cc(C(F)(F)F)c2)(COc2cc(C(F)(F)F)cc(C(F)(F)F)c2)Cn2nc3c(-c4ccc(N(c5ccccc5)c5ccccc5)cc4)c4n[n+](CC(COc5cc(C)cc(C(F)(F)F)c5)(COc5cc(C(F)(F)F)cc(C(F)(F)F)c5)COc5cc(C(F)(F)F)cc(C(F)(F)F)c5)[n-]c4c(-c4ccc(N(c5ccccc5)c5ccccc5)cc4)c3n2)c1. The number of hydrogen-bond acceptors (Lipinski definition) is 11. The Morgan fingerprint density at radius 3 is 0.797 bits per heavy atom. The van der Waals surface area contributed by atoms with Crippen LogP contribution in [0.15, 0.2) is 279 Å². The van der Waals surface area contributed by atoms with Gasteiger partial charge in [0.2, 0.25) is 0 Å². The zero-order valence-electron chi connectivity index (χ0n) is 72.3. The van der Waals surface area contributed by atoms with Crippen LogP contribution in [0.25, 0.3) is 44.3 Å². The first-order chi connectivity index (χ1) is 64.9. The van der Waals surface area contributed by atoms with Gasteiger partial charge in [-0.05, 0) is 237 Å². The second-order valence-electron chi connectivity index (χ2n) is 33.1. The molecule has 0 amide bonds. The van der Waals surface area contributed by atoms with Gasteiger partial charge in [0.15, 0.2) is 6.54 Å². The molecule has 38 heteroatoms. The molecule has 2 aromatic heterocycles. The lowest BCUT2D eigenvalue weighted by Gasteiger charge is -2.33. The van der Waals surface area contributed by atoms with Gasteiger partial charge in [0, 0.05) is 56.3 Å². The number of benzene rings is 13. The summed E-state index contributed by atoms with van der Waals surface area (Å²) in [5.41, 5.74) is -15.7.